The molecule has 0 unspecified atom stereocenters. The molecule has 0 bridgehead atoms. The molecule has 5 nitrogen and oxygen atoms in total. The Morgan fingerprint density at radius 1 is 0.900 bits per heavy atom. The molecular formula is C23H19F2N3O2. The van der Waals surface area contributed by atoms with Gasteiger partial charge < -0.3 is 9.72 Å². The highest BCUT2D eigenvalue weighted by molar-refractivity contribution is 5.77. The number of ether oxygens (including phenoxy) is 1. The molecule has 0 saturated carbocycles. The number of rotatable bonds is 7. The lowest BCUT2D eigenvalue weighted by atomic mass is 9.98. The molecule has 4 rings (SSSR count). The minimum atomic E-state index is -2.87. The monoisotopic (exact) mass is 407 g/mol. The van der Waals surface area contributed by atoms with Gasteiger partial charge in [0.15, 0.2) is 0 Å². The van der Waals surface area contributed by atoms with Gasteiger partial charge in [0.25, 0.3) is 5.56 Å². The van der Waals surface area contributed by atoms with Crippen LogP contribution in [0.25, 0.3) is 10.9 Å². The normalized spacial score (nSPS) is 12.2. The van der Waals surface area contributed by atoms with Gasteiger partial charge in [-0.05, 0) is 35.4 Å². The van der Waals surface area contributed by atoms with Crippen molar-refractivity contribution < 1.29 is 13.5 Å². The van der Waals surface area contributed by atoms with E-state index in [0.717, 1.165) is 11.1 Å². The topological polar surface area (TPSA) is 67.0 Å². The molecule has 30 heavy (non-hydrogen) atoms. The quantitative estimate of drug-likeness (QED) is 0.476. The van der Waals surface area contributed by atoms with E-state index < -0.39 is 6.61 Å². The zero-order chi connectivity index (χ0) is 20.9. The standard InChI is InChI=1S/C23H19F2N3O2/c24-23(25)30-17-12-10-16(11-13-17)21(15-6-2-1-3-7-15)26-14-20-27-19-9-5-4-8-18(19)22(29)28-20/h1-13,21,23,26H,14H2,(H,27,28,29)/t21-/m0/s1. The third-order valence-electron chi connectivity index (χ3n) is 4.71. The molecule has 152 valence electrons. The Bertz CT molecular complexity index is 1180. The molecule has 7 heteroatoms. The summed E-state index contributed by atoms with van der Waals surface area (Å²) in [6, 6.07) is 23.1. The van der Waals surface area contributed by atoms with E-state index in [4.69, 9.17) is 0 Å². The Morgan fingerprint density at radius 2 is 1.57 bits per heavy atom. The van der Waals surface area contributed by atoms with Crippen molar-refractivity contribution in [2.24, 2.45) is 0 Å². The maximum Gasteiger partial charge on any atom is 0.387 e. The second-order valence-electron chi connectivity index (χ2n) is 6.70. The van der Waals surface area contributed by atoms with Crippen molar-refractivity contribution >= 4 is 10.9 Å². The summed E-state index contributed by atoms with van der Waals surface area (Å²) in [6.07, 6.45) is 0. The van der Waals surface area contributed by atoms with Crippen LogP contribution in [0.3, 0.4) is 0 Å². The van der Waals surface area contributed by atoms with Gasteiger partial charge in [-0.15, -0.1) is 0 Å². The number of benzene rings is 3. The number of nitrogens with one attached hydrogen (secondary N) is 2. The second-order valence-corrected chi connectivity index (χ2v) is 6.70. The average molecular weight is 407 g/mol. The molecule has 3 aromatic carbocycles. The number of nitrogens with zero attached hydrogens (tertiary/aromatic N) is 1. The Morgan fingerprint density at radius 3 is 2.30 bits per heavy atom. The van der Waals surface area contributed by atoms with Crippen LogP contribution in [0.5, 0.6) is 5.75 Å². The fourth-order valence-corrected chi connectivity index (χ4v) is 3.33. The van der Waals surface area contributed by atoms with Crippen LogP contribution >= 0.6 is 0 Å². The van der Waals surface area contributed by atoms with E-state index in [9.17, 15) is 13.6 Å². The highest BCUT2D eigenvalue weighted by Crippen LogP contribution is 2.25. The lowest BCUT2D eigenvalue weighted by Gasteiger charge is -2.20. The van der Waals surface area contributed by atoms with Crippen molar-refractivity contribution in [3.05, 3.63) is 106 Å². The van der Waals surface area contributed by atoms with E-state index in [1.807, 2.05) is 36.4 Å². The molecule has 0 fully saturated rings. The van der Waals surface area contributed by atoms with E-state index >= 15 is 0 Å². The summed E-state index contributed by atoms with van der Waals surface area (Å²) >= 11 is 0. The summed E-state index contributed by atoms with van der Waals surface area (Å²) in [6.45, 7) is -2.55. The highest BCUT2D eigenvalue weighted by Gasteiger charge is 2.15. The van der Waals surface area contributed by atoms with Gasteiger partial charge in [-0.3, -0.25) is 10.1 Å². The Balaban J connectivity index is 1.60. The first-order valence-corrected chi connectivity index (χ1v) is 9.41. The van der Waals surface area contributed by atoms with Crippen LogP contribution in [0.15, 0.2) is 83.7 Å². The van der Waals surface area contributed by atoms with Crippen LogP contribution < -0.4 is 15.6 Å². The number of alkyl halides is 2. The number of para-hydroxylation sites is 1. The van der Waals surface area contributed by atoms with Gasteiger partial charge >= 0.3 is 6.61 Å². The van der Waals surface area contributed by atoms with Gasteiger partial charge in [0.05, 0.1) is 23.5 Å². The van der Waals surface area contributed by atoms with E-state index in [1.165, 1.54) is 12.1 Å². The number of aromatic amines is 1. The SMILES string of the molecule is O=c1[nH]c(CN[C@@H](c2ccccc2)c2ccc(OC(F)F)cc2)nc2ccccc12. The minimum Gasteiger partial charge on any atom is -0.435 e. The number of halogens is 2. The van der Waals surface area contributed by atoms with Gasteiger partial charge in [-0.2, -0.15) is 8.78 Å². The van der Waals surface area contributed by atoms with Crippen molar-refractivity contribution in [3.63, 3.8) is 0 Å². The van der Waals surface area contributed by atoms with Crippen molar-refractivity contribution in [1.29, 1.82) is 0 Å². The number of fused-ring (bicyclic) bond motifs is 1. The summed E-state index contributed by atoms with van der Waals surface area (Å²) in [7, 11) is 0. The first-order valence-electron chi connectivity index (χ1n) is 9.41. The largest absolute Gasteiger partial charge is 0.435 e. The van der Waals surface area contributed by atoms with Gasteiger partial charge in [0.1, 0.15) is 11.6 Å². The molecule has 0 aliphatic heterocycles. The molecule has 1 heterocycles. The number of H-pyrrole nitrogens is 1. The van der Waals surface area contributed by atoms with E-state index in [1.54, 1.807) is 30.3 Å². The molecule has 0 spiro atoms. The van der Waals surface area contributed by atoms with Gasteiger partial charge in [0, 0.05) is 0 Å². The van der Waals surface area contributed by atoms with Crippen LogP contribution in [-0.2, 0) is 6.54 Å². The van der Waals surface area contributed by atoms with Crippen LogP contribution in [0, 0.1) is 0 Å². The Labute approximate surface area is 171 Å². The minimum absolute atomic E-state index is 0.0982. The molecule has 1 atom stereocenters. The van der Waals surface area contributed by atoms with E-state index in [-0.39, 0.29) is 17.4 Å². The molecule has 2 N–H and O–H groups in total. The predicted octanol–water partition coefficient (Wildman–Crippen LogP) is 4.40. The molecule has 0 aliphatic carbocycles. The Kier molecular flexibility index (Phi) is 5.81. The molecule has 0 radical (unpaired) electrons. The summed E-state index contributed by atoms with van der Waals surface area (Å²) in [5.41, 5.74) is 2.29. The number of hydrogen-bond donors (Lipinski definition) is 2. The molecule has 4 aromatic rings. The molecule has 0 saturated heterocycles. The summed E-state index contributed by atoms with van der Waals surface area (Å²) in [5.74, 6) is 0.610. The fraction of sp³-hybridized carbons (Fsp3) is 0.130. The maximum atomic E-state index is 12.4. The first-order chi connectivity index (χ1) is 14.6. The van der Waals surface area contributed by atoms with Crippen LogP contribution in [-0.4, -0.2) is 16.6 Å². The third-order valence-corrected chi connectivity index (χ3v) is 4.71. The fourth-order valence-electron chi connectivity index (χ4n) is 3.33. The van der Waals surface area contributed by atoms with Crippen molar-refractivity contribution in [2.75, 3.05) is 0 Å². The van der Waals surface area contributed by atoms with Gasteiger partial charge in [-0.25, -0.2) is 4.98 Å². The summed E-state index contributed by atoms with van der Waals surface area (Å²) in [4.78, 5) is 19.6. The number of hydrogen-bond acceptors (Lipinski definition) is 4. The van der Waals surface area contributed by atoms with Crippen molar-refractivity contribution in [3.8, 4) is 5.75 Å². The zero-order valence-electron chi connectivity index (χ0n) is 15.9. The molecule has 1 aromatic heterocycles. The van der Waals surface area contributed by atoms with Crippen LogP contribution in [0.4, 0.5) is 8.78 Å². The first kappa shape index (κ1) is 19.7. The van der Waals surface area contributed by atoms with Crippen LogP contribution in [0.1, 0.15) is 23.0 Å². The maximum absolute atomic E-state index is 12.4. The van der Waals surface area contributed by atoms with Crippen molar-refractivity contribution in [2.45, 2.75) is 19.2 Å². The summed E-state index contributed by atoms with van der Waals surface area (Å²) < 4.78 is 29.3. The molecular weight excluding hydrogens is 388 g/mol. The molecule has 0 aliphatic rings. The van der Waals surface area contributed by atoms with Gasteiger partial charge in [0.2, 0.25) is 0 Å². The lowest BCUT2D eigenvalue weighted by Crippen LogP contribution is -2.25. The smallest absolute Gasteiger partial charge is 0.387 e. The van der Waals surface area contributed by atoms with Gasteiger partial charge in [-0.1, -0.05) is 54.6 Å². The van der Waals surface area contributed by atoms with Crippen molar-refractivity contribution in [1.82, 2.24) is 15.3 Å². The third kappa shape index (κ3) is 4.52. The van der Waals surface area contributed by atoms with E-state index in [0.29, 0.717) is 23.3 Å². The zero-order valence-corrected chi connectivity index (χ0v) is 15.9. The second kappa shape index (κ2) is 8.84. The lowest BCUT2D eigenvalue weighted by molar-refractivity contribution is -0.0498. The summed E-state index contributed by atoms with van der Waals surface area (Å²) in [5, 5.41) is 3.94. The highest BCUT2D eigenvalue weighted by atomic mass is 19.3. The predicted molar refractivity (Wildman–Crippen MR) is 111 cm³/mol. The molecule has 0 amide bonds. The Hall–Kier alpha value is -3.58. The average Bonchev–Trinajstić information content (AvgIpc) is 2.75. The number of aromatic nitrogens is 2. The van der Waals surface area contributed by atoms with Crippen LogP contribution in [0.2, 0.25) is 0 Å². The van der Waals surface area contributed by atoms with E-state index in [2.05, 4.69) is 20.0 Å².